The molecule has 6 heteroatoms. The van der Waals surface area contributed by atoms with Gasteiger partial charge in [-0.05, 0) is 6.92 Å². The molecule has 0 aromatic rings. The van der Waals surface area contributed by atoms with Crippen LogP contribution in [0.4, 0.5) is 4.79 Å². The number of halogens is 2. The highest BCUT2D eigenvalue weighted by molar-refractivity contribution is 6.25. The van der Waals surface area contributed by atoms with Crippen LogP contribution in [0.15, 0.2) is 23.2 Å². The van der Waals surface area contributed by atoms with Crippen LogP contribution >= 0.6 is 23.2 Å². The van der Waals surface area contributed by atoms with Gasteiger partial charge in [0.2, 0.25) is 0 Å². The lowest BCUT2D eigenvalue weighted by Gasteiger charge is -2.19. The molecule has 0 unspecified atom stereocenters. The standard InChI is InChI=1S/C9H14Cl2N2O2/c1-2-15-9(14)12-13(7-3-5-10)8-4-6-11/h3-6H,2,7-8H2,1H3,(H,12,14)/b5-3+,6-4+. The summed E-state index contributed by atoms with van der Waals surface area (Å²) in [6, 6.07) is 0. The van der Waals surface area contributed by atoms with Crippen molar-refractivity contribution in [2.24, 2.45) is 0 Å². The van der Waals surface area contributed by atoms with Crippen LogP contribution in [0.1, 0.15) is 6.92 Å². The Morgan fingerprint density at radius 1 is 1.33 bits per heavy atom. The molecular formula is C9H14Cl2N2O2. The summed E-state index contributed by atoms with van der Waals surface area (Å²) in [6.07, 6.45) is 2.88. The van der Waals surface area contributed by atoms with Crippen molar-refractivity contribution in [2.75, 3.05) is 19.7 Å². The van der Waals surface area contributed by atoms with Crippen molar-refractivity contribution >= 4 is 29.3 Å². The fraction of sp³-hybridized carbons (Fsp3) is 0.444. The van der Waals surface area contributed by atoms with Crippen LogP contribution in [0, 0.1) is 0 Å². The number of rotatable bonds is 6. The maximum absolute atomic E-state index is 11.1. The number of nitrogens with one attached hydrogen (secondary N) is 1. The zero-order valence-corrected chi connectivity index (χ0v) is 9.96. The summed E-state index contributed by atoms with van der Waals surface area (Å²) < 4.78 is 4.73. The maximum atomic E-state index is 11.1. The minimum atomic E-state index is -0.497. The first-order valence-corrected chi connectivity index (χ1v) is 5.30. The average molecular weight is 253 g/mol. The summed E-state index contributed by atoms with van der Waals surface area (Å²) in [6.45, 7) is 3.02. The number of nitrogens with zero attached hydrogens (tertiary/aromatic N) is 1. The molecule has 0 aliphatic heterocycles. The summed E-state index contributed by atoms with van der Waals surface area (Å²) in [5.41, 5.74) is 5.30. The van der Waals surface area contributed by atoms with E-state index in [0.29, 0.717) is 19.7 Å². The second-order valence-corrected chi connectivity index (χ2v) is 2.96. The first kappa shape index (κ1) is 14.3. The first-order valence-electron chi connectivity index (χ1n) is 4.43. The number of ether oxygens (including phenoxy) is 1. The van der Waals surface area contributed by atoms with Gasteiger partial charge in [0, 0.05) is 24.2 Å². The van der Waals surface area contributed by atoms with Gasteiger partial charge in [-0.2, -0.15) is 0 Å². The number of carbonyl (C=O) groups is 1. The Morgan fingerprint density at radius 3 is 2.27 bits per heavy atom. The lowest BCUT2D eigenvalue weighted by atomic mass is 10.5. The van der Waals surface area contributed by atoms with Crippen LogP contribution in [-0.4, -0.2) is 30.8 Å². The normalized spacial score (nSPS) is 11.5. The summed E-state index contributed by atoms with van der Waals surface area (Å²) in [4.78, 5) is 11.1. The summed E-state index contributed by atoms with van der Waals surface area (Å²) >= 11 is 10.8. The minimum absolute atomic E-state index is 0.330. The van der Waals surface area contributed by atoms with E-state index in [-0.39, 0.29) is 0 Å². The van der Waals surface area contributed by atoms with Crippen LogP contribution in [0.3, 0.4) is 0 Å². The second kappa shape index (κ2) is 9.83. The highest BCUT2D eigenvalue weighted by Gasteiger charge is 2.06. The third kappa shape index (κ3) is 8.30. The fourth-order valence-electron chi connectivity index (χ4n) is 0.792. The van der Waals surface area contributed by atoms with Crippen LogP contribution in [0.2, 0.25) is 0 Å². The van der Waals surface area contributed by atoms with E-state index in [1.54, 1.807) is 24.1 Å². The van der Waals surface area contributed by atoms with E-state index in [4.69, 9.17) is 27.9 Å². The minimum Gasteiger partial charge on any atom is -0.449 e. The third-order valence-electron chi connectivity index (χ3n) is 1.35. The lowest BCUT2D eigenvalue weighted by molar-refractivity contribution is 0.118. The van der Waals surface area contributed by atoms with Crippen molar-refractivity contribution in [1.82, 2.24) is 10.4 Å². The number of hydrogen-bond donors (Lipinski definition) is 1. The molecule has 0 spiro atoms. The molecule has 0 saturated heterocycles. The van der Waals surface area contributed by atoms with E-state index in [9.17, 15) is 4.79 Å². The highest BCUT2D eigenvalue weighted by Crippen LogP contribution is 1.90. The van der Waals surface area contributed by atoms with Crippen LogP contribution < -0.4 is 5.43 Å². The number of hydrazine groups is 1. The van der Waals surface area contributed by atoms with E-state index in [1.807, 2.05) is 0 Å². The quantitative estimate of drug-likeness (QED) is 0.739. The van der Waals surface area contributed by atoms with Crippen LogP contribution in [-0.2, 0) is 4.74 Å². The Balaban J connectivity index is 4.04. The predicted octanol–water partition coefficient (Wildman–Crippen LogP) is 2.45. The van der Waals surface area contributed by atoms with Crippen LogP contribution in [0.25, 0.3) is 0 Å². The molecule has 0 heterocycles. The molecule has 0 bridgehead atoms. The van der Waals surface area contributed by atoms with Gasteiger partial charge in [0.1, 0.15) is 0 Å². The van der Waals surface area contributed by atoms with Crippen molar-refractivity contribution < 1.29 is 9.53 Å². The van der Waals surface area contributed by atoms with Crippen molar-refractivity contribution in [3.63, 3.8) is 0 Å². The smallest absolute Gasteiger partial charge is 0.421 e. The van der Waals surface area contributed by atoms with Gasteiger partial charge < -0.3 is 4.74 Å². The largest absolute Gasteiger partial charge is 0.449 e. The van der Waals surface area contributed by atoms with Crippen molar-refractivity contribution in [3.05, 3.63) is 23.2 Å². The monoisotopic (exact) mass is 252 g/mol. The second-order valence-electron chi connectivity index (χ2n) is 2.46. The molecule has 0 fully saturated rings. The Bertz CT molecular complexity index is 218. The molecular weight excluding hydrogens is 239 g/mol. The molecule has 86 valence electrons. The van der Waals surface area contributed by atoms with Crippen LogP contribution in [0.5, 0.6) is 0 Å². The number of carbonyl (C=O) groups excluding carboxylic acids is 1. The van der Waals surface area contributed by atoms with Gasteiger partial charge >= 0.3 is 6.09 Å². The van der Waals surface area contributed by atoms with Gasteiger partial charge in [-0.3, -0.25) is 5.43 Å². The topological polar surface area (TPSA) is 41.6 Å². The Morgan fingerprint density at radius 2 is 1.87 bits per heavy atom. The van der Waals surface area contributed by atoms with Crippen molar-refractivity contribution in [1.29, 1.82) is 0 Å². The van der Waals surface area contributed by atoms with Gasteiger partial charge in [-0.15, -0.1) is 0 Å². The molecule has 0 aliphatic carbocycles. The summed E-state index contributed by atoms with van der Waals surface area (Å²) in [5, 5.41) is 1.61. The number of hydrogen-bond acceptors (Lipinski definition) is 3. The molecule has 0 atom stereocenters. The van der Waals surface area contributed by atoms with Gasteiger partial charge in [0.05, 0.1) is 6.61 Å². The van der Waals surface area contributed by atoms with E-state index < -0.39 is 6.09 Å². The molecule has 4 nitrogen and oxygen atoms in total. The molecule has 1 amide bonds. The Labute approximate surface area is 99.4 Å². The van der Waals surface area contributed by atoms with E-state index in [2.05, 4.69) is 5.43 Å². The summed E-state index contributed by atoms with van der Waals surface area (Å²) in [5.74, 6) is 0. The fourth-order valence-corrected chi connectivity index (χ4v) is 0.952. The maximum Gasteiger partial charge on any atom is 0.421 e. The Kier molecular flexibility index (Phi) is 9.36. The molecule has 0 aromatic heterocycles. The Hall–Kier alpha value is -0.710. The van der Waals surface area contributed by atoms with Gasteiger partial charge in [-0.1, -0.05) is 35.4 Å². The third-order valence-corrected chi connectivity index (χ3v) is 1.71. The van der Waals surface area contributed by atoms with Gasteiger partial charge in [-0.25, -0.2) is 9.80 Å². The predicted molar refractivity (Wildman–Crippen MR) is 61.7 cm³/mol. The zero-order chi connectivity index (χ0) is 11.5. The molecule has 0 saturated carbocycles. The highest BCUT2D eigenvalue weighted by atomic mass is 35.5. The molecule has 0 aromatic carbocycles. The zero-order valence-electron chi connectivity index (χ0n) is 8.45. The van der Waals surface area contributed by atoms with Gasteiger partial charge in [0.25, 0.3) is 0 Å². The molecule has 0 rings (SSSR count). The SMILES string of the molecule is CCOC(=O)NN(C/C=C/Cl)C/C=C/Cl. The van der Waals surface area contributed by atoms with E-state index in [1.165, 1.54) is 11.1 Å². The van der Waals surface area contributed by atoms with Gasteiger partial charge in [0.15, 0.2) is 0 Å². The van der Waals surface area contributed by atoms with Crippen molar-refractivity contribution in [3.8, 4) is 0 Å². The van der Waals surface area contributed by atoms with Crippen molar-refractivity contribution in [2.45, 2.75) is 6.92 Å². The number of amides is 1. The molecule has 0 radical (unpaired) electrons. The average Bonchev–Trinajstić information content (AvgIpc) is 2.22. The van der Waals surface area contributed by atoms with E-state index >= 15 is 0 Å². The molecule has 1 N–H and O–H groups in total. The summed E-state index contributed by atoms with van der Waals surface area (Å²) in [7, 11) is 0. The molecule has 0 aliphatic rings. The molecule has 15 heavy (non-hydrogen) atoms. The lowest BCUT2D eigenvalue weighted by Crippen LogP contribution is -2.42. The first-order chi connectivity index (χ1) is 7.24. The van der Waals surface area contributed by atoms with E-state index in [0.717, 1.165) is 0 Å².